The van der Waals surface area contributed by atoms with Crippen LogP contribution in [0.4, 0.5) is 0 Å². The van der Waals surface area contributed by atoms with Crippen molar-refractivity contribution in [3.8, 4) is 22.6 Å². The van der Waals surface area contributed by atoms with E-state index in [1.807, 2.05) is 60.7 Å². The van der Waals surface area contributed by atoms with Crippen molar-refractivity contribution in [1.29, 1.82) is 0 Å². The van der Waals surface area contributed by atoms with Crippen LogP contribution in [0.2, 0.25) is 0 Å². The number of nitrogens with zero attached hydrogens (tertiary/aromatic N) is 2. The summed E-state index contributed by atoms with van der Waals surface area (Å²) in [7, 11) is -3.17. The maximum absolute atomic E-state index is 12.5. The highest BCUT2D eigenvalue weighted by atomic mass is 32.2. The number of carbonyl (C=O) groups is 1. The summed E-state index contributed by atoms with van der Waals surface area (Å²) >= 11 is 0. The number of piperidine rings is 1. The van der Waals surface area contributed by atoms with Crippen molar-refractivity contribution in [3.05, 3.63) is 66.6 Å². The van der Waals surface area contributed by atoms with Gasteiger partial charge in [-0.2, -0.15) is 0 Å². The number of hydrogen-bond acceptors (Lipinski definition) is 5. The third-order valence-corrected chi connectivity index (χ3v) is 6.91. The van der Waals surface area contributed by atoms with E-state index in [9.17, 15) is 13.2 Å². The highest BCUT2D eigenvalue weighted by Gasteiger charge is 2.26. The summed E-state index contributed by atoms with van der Waals surface area (Å²) in [5.74, 6) is 1.13. The lowest BCUT2D eigenvalue weighted by Crippen LogP contribution is -2.46. The number of nitrogens with one attached hydrogen (secondary N) is 1. The average molecular weight is 454 g/mol. The second kappa shape index (κ2) is 9.67. The molecule has 0 bridgehead atoms. The summed E-state index contributed by atoms with van der Waals surface area (Å²) < 4.78 is 30.8. The maximum Gasteiger partial charge on any atom is 0.220 e. The molecule has 8 heteroatoms. The summed E-state index contributed by atoms with van der Waals surface area (Å²) in [6.45, 7) is 0.870. The van der Waals surface area contributed by atoms with Crippen molar-refractivity contribution in [2.45, 2.75) is 31.7 Å². The summed E-state index contributed by atoms with van der Waals surface area (Å²) in [6, 6.07) is 19.7. The third-order valence-electron chi connectivity index (χ3n) is 5.61. The first-order valence-electron chi connectivity index (χ1n) is 10.7. The second-order valence-corrected chi connectivity index (χ2v) is 10.0. The molecular weight excluding hydrogens is 426 g/mol. The lowest BCUT2D eigenvalue weighted by atomic mass is 10.1. The van der Waals surface area contributed by atoms with Gasteiger partial charge in [0.2, 0.25) is 15.9 Å². The molecule has 1 aliphatic rings. The molecular formula is C24H27N3O4S. The van der Waals surface area contributed by atoms with Gasteiger partial charge in [0.05, 0.1) is 6.26 Å². The fraction of sp³-hybridized carbons (Fsp3) is 0.333. The monoisotopic (exact) mass is 453 g/mol. The molecule has 1 saturated heterocycles. The molecule has 0 spiro atoms. The maximum atomic E-state index is 12.5. The van der Waals surface area contributed by atoms with Crippen molar-refractivity contribution in [2.24, 2.45) is 0 Å². The molecule has 2 heterocycles. The Bertz CT molecular complexity index is 1100. The number of benzene rings is 2. The number of amides is 1. The van der Waals surface area contributed by atoms with Gasteiger partial charge in [0.15, 0.2) is 11.7 Å². The van der Waals surface area contributed by atoms with E-state index in [2.05, 4.69) is 5.32 Å². The number of oxazole rings is 1. The molecule has 7 nitrogen and oxygen atoms in total. The van der Waals surface area contributed by atoms with Gasteiger partial charge in [0.25, 0.3) is 0 Å². The summed E-state index contributed by atoms with van der Waals surface area (Å²) in [5.41, 5.74) is 2.66. The molecule has 3 aromatic rings. The topological polar surface area (TPSA) is 92.5 Å². The molecule has 1 amide bonds. The predicted octanol–water partition coefficient (Wildman–Crippen LogP) is 3.48. The fourth-order valence-corrected chi connectivity index (χ4v) is 4.77. The van der Waals surface area contributed by atoms with Crippen LogP contribution >= 0.6 is 0 Å². The first-order chi connectivity index (χ1) is 15.4. The van der Waals surface area contributed by atoms with Crippen LogP contribution in [-0.4, -0.2) is 49.0 Å². The number of sulfonamides is 1. The van der Waals surface area contributed by atoms with Gasteiger partial charge in [-0.15, -0.1) is 0 Å². The highest BCUT2D eigenvalue weighted by molar-refractivity contribution is 7.88. The summed E-state index contributed by atoms with van der Waals surface area (Å²) in [5, 5.41) is 3.02. The van der Waals surface area contributed by atoms with E-state index in [4.69, 9.17) is 9.40 Å². The zero-order valence-electron chi connectivity index (χ0n) is 18.0. The van der Waals surface area contributed by atoms with Crippen LogP contribution in [0.1, 0.15) is 25.2 Å². The van der Waals surface area contributed by atoms with E-state index in [-0.39, 0.29) is 18.4 Å². The Hall–Kier alpha value is -2.97. The number of rotatable bonds is 7. The zero-order chi connectivity index (χ0) is 22.6. The quantitative estimate of drug-likeness (QED) is 0.591. The smallest absolute Gasteiger partial charge is 0.220 e. The second-order valence-electron chi connectivity index (χ2n) is 8.02. The van der Waals surface area contributed by atoms with E-state index in [1.165, 1.54) is 10.6 Å². The standard InChI is InChI=1S/C24H27N3O4S/c1-32(29,30)27-16-14-20(15-17-27)25-21(28)12-13-22-26-23(18-8-4-2-5-9-18)24(31-22)19-10-6-3-7-11-19/h2-11,20H,12-17H2,1H3,(H,25,28). The molecule has 0 unspecified atom stereocenters. The number of carbonyl (C=O) groups excluding carboxylic acids is 1. The van der Waals surface area contributed by atoms with Crippen LogP contribution in [0.5, 0.6) is 0 Å². The molecule has 1 N–H and O–H groups in total. The minimum absolute atomic E-state index is 0.00943. The average Bonchev–Trinajstić information content (AvgIpc) is 3.23. The number of aryl methyl sites for hydroxylation is 1. The Morgan fingerprint density at radius 3 is 2.22 bits per heavy atom. The van der Waals surface area contributed by atoms with Gasteiger partial charge in [0, 0.05) is 43.1 Å². The molecule has 2 aromatic carbocycles. The molecule has 0 saturated carbocycles. The van der Waals surface area contributed by atoms with Gasteiger partial charge in [-0.1, -0.05) is 60.7 Å². The summed E-state index contributed by atoms with van der Waals surface area (Å²) in [4.78, 5) is 17.2. The molecule has 1 aliphatic heterocycles. The number of aromatic nitrogens is 1. The van der Waals surface area contributed by atoms with Crippen molar-refractivity contribution in [3.63, 3.8) is 0 Å². The molecule has 1 aromatic heterocycles. The summed E-state index contributed by atoms with van der Waals surface area (Å²) in [6.07, 6.45) is 3.11. The minimum Gasteiger partial charge on any atom is -0.440 e. The normalized spacial score (nSPS) is 15.5. The van der Waals surface area contributed by atoms with Gasteiger partial charge in [-0.3, -0.25) is 4.79 Å². The van der Waals surface area contributed by atoms with E-state index in [1.54, 1.807) is 0 Å². The molecule has 168 valence electrons. The van der Waals surface area contributed by atoms with Crippen LogP contribution in [0.25, 0.3) is 22.6 Å². The van der Waals surface area contributed by atoms with Gasteiger partial charge < -0.3 is 9.73 Å². The first-order valence-corrected chi connectivity index (χ1v) is 12.6. The molecule has 0 atom stereocenters. The van der Waals surface area contributed by atoms with Crippen LogP contribution in [-0.2, 0) is 21.2 Å². The van der Waals surface area contributed by atoms with E-state index >= 15 is 0 Å². The first kappa shape index (κ1) is 22.2. The molecule has 0 aliphatic carbocycles. The van der Waals surface area contributed by atoms with Crippen LogP contribution in [0, 0.1) is 0 Å². The van der Waals surface area contributed by atoms with Crippen LogP contribution in [0.3, 0.4) is 0 Å². The van der Waals surface area contributed by atoms with Crippen molar-refractivity contribution < 1.29 is 17.6 Å². The van der Waals surface area contributed by atoms with Gasteiger partial charge >= 0.3 is 0 Å². The minimum atomic E-state index is -3.17. The molecule has 4 rings (SSSR count). The predicted molar refractivity (Wildman–Crippen MR) is 123 cm³/mol. The zero-order valence-corrected chi connectivity index (χ0v) is 18.8. The SMILES string of the molecule is CS(=O)(=O)N1CCC(NC(=O)CCc2nc(-c3ccccc3)c(-c3ccccc3)o2)CC1. The van der Waals surface area contributed by atoms with Crippen molar-refractivity contribution >= 4 is 15.9 Å². The Morgan fingerprint density at radius 2 is 1.62 bits per heavy atom. The lowest BCUT2D eigenvalue weighted by molar-refractivity contribution is -0.122. The van der Waals surface area contributed by atoms with E-state index in [0.29, 0.717) is 44.0 Å². The Balaban J connectivity index is 1.40. The van der Waals surface area contributed by atoms with Crippen LogP contribution < -0.4 is 5.32 Å². The van der Waals surface area contributed by atoms with Crippen molar-refractivity contribution in [2.75, 3.05) is 19.3 Å². The fourth-order valence-electron chi connectivity index (χ4n) is 3.90. The van der Waals surface area contributed by atoms with E-state index in [0.717, 1.165) is 16.8 Å². The Kier molecular flexibility index (Phi) is 6.72. The molecule has 1 fully saturated rings. The molecule has 0 radical (unpaired) electrons. The van der Waals surface area contributed by atoms with Crippen LogP contribution in [0.15, 0.2) is 65.1 Å². The molecule has 32 heavy (non-hydrogen) atoms. The largest absolute Gasteiger partial charge is 0.440 e. The van der Waals surface area contributed by atoms with Crippen molar-refractivity contribution in [1.82, 2.24) is 14.6 Å². The lowest BCUT2D eigenvalue weighted by Gasteiger charge is -2.30. The van der Waals surface area contributed by atoms with E-state index < -0.39 is 10.0 Å². The number of hydrogen-bond donors (Lipinski definition) is 1. The Labute approximate surface area is 188 Å². The highest BCUT2D eigenvalue weighted by Crippen LogP contribution is 2.32. The third kappa shape index (κ3) is 5.44. The van der Waals surface area contributed by atoms with Gasteiger partial charge in [-0.05, 0) is 12.8 Å². The van der Waals surface area contributed by atoms with Gasteiger partial charge in [0.1, 0.15) is 5.69 Å². The Morgan fingerprint density at radius 1 is 1.03 bits per heavy atom. The van der Waals surface area contributed by atoms with Gasteiger partial charge in [-0.25, -0.2) is 17.7 Å².